The topological polar surface area (TPSA) is 12.5 Å². The Labute approximate surface area is 99.6 Å². The van der Waals surface area contributed by atoms with E-state index in [0.717, 1.165) is 19.3 Å². The van der Waals surface area contributed by atoms with Gasteiger partial charge in [0.15, 0.2) is 0 Å². The Morgan fingerprint density at radius 2 is 2.06 bits per heavy atom. The third kappa shape index (κ3) is 2.76. The van der Waals surface area contributed by atoms with Crippen LogP contribution >= 0.6 is 0 Å². The van der Waals surface area contributed by atoms with Gasteiger partial charge in [-0.3, -0.25) is 0 Å². The van der Waals surface area contributed by atoms with Crippen LogP contribution in [0.3, 0.4) is 0 Å². The maximum absolute atomic E-state index is 5.88. The summed E-state index contributed by atoms with van der Waals surface area (Å²) in [4.78, 5) is 0. The van der Waals surface area contributed by atoms with Crippen LogP contribution in [0, 0.1) is 5.41 Å². The van der Waals surface area contributed by atoms with Gasteiger partial charge in [-0.1, -0.05) is 37.6 Å². The summed E-state index contributed by atoms with van der Waals surface area (Å²) >= 11 is 0. The van der Waals surface area contributed by atoms with Crippen molar-refractivity contribution in [2.75, 3.05) is 0 Å². The molecule has 2 atom stereocenters. The summed E-state index contributed by atoms with van der Waals surface area (Å²) in [6.07, 6.45) is 12.1. The molecule has 0 bridgehead atoms. The second kappa shape index (κ2) is 4.03. The van der Waals surface area contributed by atoms with E-state index in [0.29, 0.717) is 6.10 Å². The standard InChI is InChI=1S/C15H24O/c1-12-7-5-9-14(2,3)11-13-15(4,16-13)10-6-8-12/h5,8-9,13H,6-7,10-11H2,1-4H3/b9-5-,12-8+/t13-,15-/m1/s1. The Morgan fingerprint density at radius 3 is 2.81 bits per heavy atom. The molecule has 1 nitrogen and oxygen atoms in total. The highest BCUT2D eigenvalue weighted by atomic mass is 16.6. The van der Waals surface area contributed by atoms with Crippen LogP contribution in [0.25, 0.3) is 0 Å². The maximum Gasteiger partial charge on any atom is 0.0923 e. The Morgan fingerprint density at radius 1 is 1.31 bits per heavy atom. The monoisotopic (exact) mass is 220 g/mol. The molecule has 1 saturated heterocycles. The van der Waals surface area contributed by atoms with E-state index in [9.17, 15) is 0 Å². The molecule has 2 aliphatic rings. The van der Waals surface area contributed by atoms with Gasteiger partial charge in [-0.15, -0.1) is 0 Å². The minimum atomic E-state index is 0.159. The van der Waals surface area contributed by atoms with E-state index >= 15 is 0 Å². The predicted molar refractivity (Wildman–Crippen MR) is 68.4 cm³/mol. The number of fused-ring (bicyclic) bond motifs is 1. The van der Waals surface area contributed by atoms with Crippen LogP contribution in [0.4, 0.5) is 0 Å². The number of rotatable bonds is 0. The van der Waals surface area contributed by atoms with Crippen molar-refractivity contribution in [1.29, 1.82) is 0 Å². The smallest absolute Gasteiger partial charge is 0.0923 e. The normalized spacial score (nSPS) is 43.5. The summed E-state index contributed by atoms with van der Waals surface area (Å²) in [6, 6.07) is 0. The molecular weight excluding hydrogens is 196 g/mol. The molecule has 1 fully saturated rings. The first-order chi connectivity index (χ1) is 7.41. The molecule has 0 aromatic carbocycles. The Hall–Kier alpha value is -0.560. The molecule has 1 aliphatic heterocycles. The lowest BCUT2D eigenvalue weighted by molar-refractivity contribution is 0.280. The van der Waals surface area contributed by atoms with E-state index in [1.165, 1.54) is 12.0 Å². The molecule has 0 saturated carbocycles. The molecule has 90 valence electrons. The van der Waals surface area contributed by atoms with Crippen molar-refractivity contribution in [3.05, 3.63) is 23.8 Å². The average molecular weight is 220 g/mol. The van der Waals surface area contributed by atoms with Crippen LogP contribution in [-0.2, 0) is 4.74 Å². The number of epoxide rings is 1. The lowest BCUT2D eigenvalue weighted by Gasteiger charge is -2.19. The van der Waals surface area contributed by atoms with Crippen LogP contribution in [0.5, 0.6) is 0 Å². The first-order valence-corrected chi connectivity index (χ1v) is 6.42. The molecule has 0 N–H and O–H groups in total. The highest BCUT2D eigenvalue weighted by Gasteiger charge is 2.52. The van der Waals surface area contributed by atoms with E-state index < -0.39 is 0 Å². The number of hydrogen-bond donors (Lipinski definition) is 0. The fourth-order valence-electron chi connectivity index (χ4n) is 2.57. The highest BCUT2D eigenvalue weighted by molar-refractivity contribution is 5.12. The lowest BCUT2D eigenvalue weighted by atomic mass is 9.84. The number of ether oxygens (including phenoxy) is 1. The maximum atomic E-state index is 5.88. The zero-order valence-electron chi connectivity index (χ0n) is 11.0. The van der Waals surface area contributed by atoms with Gasteiger partial charge in [0.2, 0.25) is 0 Å². The van der Waals surface area contributed by atoms with Crippen LogP contribution in [0.15, 0.2) is 23.8 Å². The molecule has 2 rings (SSSR count). The molecule has 1 aliphatic carbocycles. The zero-order chi connectivity index (χ0) is 11.8. The summed E-state index contributed by atoms with van der Waals surface area (Å²) in [5, 5.41) is 0. The molecule has 0 spiro atoms. The van der Waals surface area contributed by atoms with Gasteiger partial charge < -0.3 is 4.74 Å². The zero-order valence-corrected chi connectivity index (χ0v) is 11.0. The average Bonchev–Trinajstić information content (AvgIpc) is 2.73. The minimum Gasteiger partial charge on any atom is -0.366 e. The van der Waals surface area contributed by atoms with Gasteiger partial charge in [0.25, 0.3) is 0 Å². The Bertz CT molecular complexity index is 324. The van der Waals surface area contributed by atoms with Crippen molar-refractivity contribution in [2.45, 2.75) is 65.1 Å². The van der Waals surface area contributed by atoms with Crippen LogP contribution < -0.4 is 0 Å². The lowest BCUT2D eigenvalue weighted by Crippen LogP contribution is -2.16. The summed E-state index contributed by atoms with van der Waals surface area (Å²) in [5.74, 6) is 0. The highest BCUT2D eigenvalue weighted by Crippen LogP contribution is 2.46. The quantitative estimate of drug-likeness (QED) is 0.439. The fraction of sp³-hybridized carbons (Fsp3) is 0.733. The van der Waals surface area contributed by atoms with Gasteiger partial charge in [-0.25, -0.2) is 0 Å². The fourth-order valence-corrected chi connectivity index (χ4v) is 2.57. The van der Waals surface area contributed by atoms with Crippen LogP contribution in [0.1, 0.15) is 53.4 Å². The van der Waals surface area contributed by atoms with Crippen molar-refractivity contribution in [1.82, 2.24) is 0 Å². The van der Waals surface area contributed by atoms with Gasteiger partial charge in [0, 0.05) is 0 Å². The first-order valence-electron chi connectivity index (χ1n) is 6.42. The minimum absolute atomic E-state index is 0.159. The van der Waals surface area contributed by atoms with Gasteiger partial charge >= 0.3 is 0 Å². The van der Waals surface area contributed by atoms with Crippen molar-refractivity contribution in [3.8, 4) is 0 Å². The van der Waals surface area contributed by atoms with Gasteiger partial charge in [0.1, 0.15) is 0 Å². The van der Waals surface area contributed by atoms with Crippen LogP contribution in [-0.4, -0.2) is 11.7 Å². The third-order valence-corrected chi connectivity index (χ3v) is 3.89. The summed E-state index contributed by atoms with van der Waals surface area (Å²) in [7, 11) is 0. The predicted octanol–water partition coefficient (Wildman–Crippen LogP) is 4.25. The van der Waals surface area contributed by atoms with Crippen molar-refractivity contribution in [2.24, 2.45) is 5.41 Å². The number of hydrogen-bond acceptors (Lipinski definition) is 1. The van der Waals surface area contributed by atoms with Gasteiger partial charge in [-0.05, 0) is 44.9 Å². The molecule has 0 radical (unpaired) electrons. The summed E-state index contributed by atoms with van der Waals surface area (Å²) in [5.41, 5.74) is 1.91. The second-order valence-electron chi connectivity index (χ2n) is 6.31. The molecule has 0 aromatic heterocycles. The SMILES string of the molecule is C/C1=C\CC[C@@]2(C)O[C@@H]2CC(C)(C)/C=C\C1. The van der Waals surface area contributed by atoms with Crippen molar-refractivity contribution < 1.29 is 4.74 Å². The molecule has 0 unspecified atom stereocenters. The summed E-state index contributed by atoms with van der Waals surface area (Å²) < 4.78 is 5.88. The van der Waals surface area contributed by atoms with Gasteiger partial charge in [-0.2, -0.15) is 0 Å². The van der Waals surface area contributed by atoms with Crippen LogP contribution in [0.2, 0.25) is 0 Å². The first kappa shape index (κ1) is 11.9. The number of allylic oxidation sites excluding steroid dienone is 4. The van der Waals surface area contributed by atoms with Gasteiger partial charge in [0.05, 0.1) is 11.7 Å². The van der Waals surface area contributed by atoms with E-state index in [1.807, 2.05) is 0 Å². The molecular formula is C15H24O. The van der Waals surface area contributed by atoms with E-state index in [4.69, 9.17) is 4.74 Å². The molecule has 1 heteroatoms. The second-order valence-corrected chi connectivity index (χ2v) is 6.31. The molecule has 16 heavy (non-hydrogen) atoms. The molecule has 0 aromatic rings. The van der Waals surface area contributed by atoms with E-state index in [-0.39, 0.29) is 11.0 Å². The van der Waals surface area contributed by atoms with E-state index in [1.54, 1.807) is 0 Å². The Balaban J connectivity index is 2.11. The largest absolute Gasteiger partial charge is 0.366 e. The molecule has 1 heterocycles. The third-order valence-electron chi connectivity index (χ3n) is 3.89. The summed E-state index contributed by atoms with van der Waals surface area (Å²) in [6.45, 7) is 9.10. The molecule has 0 amide bonds. The van der Waals surface area contributed by atoms with E-state index in [2.05, 4.69) is 45.9 Å². The van der Waals surface area contributed by atoms with Crippen molar-refractivity contribution >= 4 is 0 Å². The Kier molecular flexibility index (Phi) is 3.00. The van der Waals surface area contributed by atoms with Crippen molar-refractivity contribution in [3.63, 3.8) is 0 Å².